The third-order valence-corrected chi connectivity index (χ3v) is 7.36. The molecule has 4 fully saturated rings. The Kier molecular flexibility index (Phi) is 4.94. The Bertz CT molecular complexity index is 492. The quantitative estimate of drug-likeness (QED) is 0.589. The molecule has 4 bridgehead atoms. The van der Waals surface area contributed by atoms with E-state index in [4.69, 9.17) is 14.2 Å². The molecule has 0 aromatic rings. The van der Waals surface area contributed by atoms with Crippen LogP contribution >= 0.6 is 15.9 Å². The maximum absolute atomic E-state index is 6.17. The maximum atomic E-state index is 6.17. The zero-order chi connectivity index (χ0) is 16.7. The zero-order valence-electron chi connectivity index (χ0n) is 14.7. The fourth-order valence-electron chi connectivity index (χ4n) is 6.19. The molecule has 0 aromatic heterocycles. The fourth-order valence-corrected chi connectivity index (χ4v) is 6.61. The predicted octanol–water partition coefficient (Wildman–Crippen LogP) is 5.02. The van der Waals surface area contributed by atoms with Gasteiger partial charge in [0.05, 0.1) is 6.10 Å². The largest absolute Gasteiger partial charge is 0.356 e. The summed E-state index contributed by atoms with van der Waals surface area (Å²) >= 11 is 3.63. The summed E-state index contributed by atoms with van der Waals surface area (Å²) in [5.74, 6) is 3.37. The molecule has 0 N–H and O–H groups in total. The molecule has 0 saturated heterocycles. The second-order valence-corrected chi connectivity index (χ2v) is 9.35. The van der Waals surface area contributed by atoms with Crippen LogP contribution in [0.15, 0.2) is 22.7 Å². The Morgan fingerprint density at radius 2 is 1.79 bits per heavy atom. The van der Waals surface area contributed by atoms with Gasteiger partial charge in [-0.05, 0) is 74.7 Å². The molecule has 3 nitrogen and oxygen atoms in total. The molecule has 3 unspecified atom stereocenters. The Hall–Kier alpha value is -0.160. The zero-order valence-corrected chi connectivity index (χ0v) is 16.3. The summed E-state index contributed by atoms with van der Waals surface area (Å²) in [5.41, 5.74) is 0.451. The molecule has 4 heteroatoms. The van der Waals surface area contributed by atoms with Gasteiger partial charge < -0.3 is 14.2 Å². The highest BCUT2D eigenvalue weighted by Gasteiger charge is 2.55. The number of ether oxygens (including phenoxy) is 3. The average molecular weight is 397 g/mol. The van der Waals surface area contributed by atoms with Crippen molar-refractivity contribution in [2.75, 3.05) is 13.9 Å². The van der Waals surface area contributed by atoms with Crippen LogP contribution in [0.2, 0.25) is 0 Å². The monoisotopic (exact) mass is 396 g/mol. The number of rotatable bonds is 6. The van der Waals surface area contributed by atoms with Crippen LogP contribution in [0.3, 0.4) is 0 Å². The van der Waals surface area contributed by atoms with Gasteiger partial charge in [0.2, 0.25) is 0 Å². The van der Waals surface area contributed by atoms with Gasteiger partial charge in [0, 0.05) is 17.5 Å². The fraction of sp³-hybridized carbons (Fsp3) is 0.800. The molecule has 0 heterocycles. The van der Waals surface area contributed by atoms with Crippen molar-refractivity contribution in [3.63, 3.8) is 0 Å². The molecule has 0 amide bonds. The SMILES string of the molecule is COC(C)OCOC1C=C(Br)C=CC1C12CC3CC(CC(C3)C1)C2. The van der Waals surface area contributed by atoms with Crippen molar-refractivity contribution in [2.24, 2.45) is 29.1 Å². The first kappa shape index (κ1) is 17.3. The molecule has 0 aliphatic heterocycles. The van der Waals surface area contributed by atoms with Gasteiger partial charge in [0.1, 0.15) is 0 Å². The lowest BCUT2D eigenvalue weighted by atomic mass is 9.45. The summed E-state index contributed by atoms with van der Waals surface area (Å²) in [6, 6.07) is 0. The average Bonchev–Trinajstić information content (AvgIpc) is 2.53. The lowest BCUT2D eigenvalue weighted by Gasteiger charge is -2.60. The standard InChI is InChI=1S/C20H29BrO3/c1-13(22-2)23-12-24-19-8-17(21)3-4-18(19)20-9-14-5-15(10-20)7-16(6-14)11-20/h3-4,8,13-16,18-19H,5-7,9-12H2,1-2H3. The van der Waals surface area contributed by atoms with Gasteiger partial charge in [0.15, 0.2) is 13.1 Å². The molecule has 4 saturated carbocycles. The van der Waals surface area contributed by atoms with Gasteiger partial charge in [0.25, 0.3) is 0 Å². The van der Waals surface area contributed by atoms with E-state index in [-0.39, 0.29) is 19.2 Å². The van der Waals surface area contributed by atoms with Crippen LogP contribution in [-0.4, -0.2) is 26.3 Å². The number of hydrogen-bond acceptors (Lipinski definition) is 3. The van der Waals surface area contributed by atoms with Crippen LogP contribution in [0.25, 0.3) is 0 Å². The summed E-state index contributed by atoms with van der Waals surface area (Å²) < 4.78 is 18.0. The maximum Gasteiger partial charge on any atom is 0.157 e. The van der Waals surface area contributed by atoms with Crippen LogP contribution in [0.5, 0.6) is 0 Å². The number of allylic oxidation sites excluding steroid dienone is 2. The van der Waals surface area contributed by atoms with Crippen LogP contribution < -0.4 is 0 Å². The van der Waals surface area contributed by atoms with Crippen LogP contribution in [0.1, 0.15) is 45.4 Å². The second kappa shape index (κ2) is 6.86. The summed E-state index contributed by atoms with van der Waals surface area (Å²) in [5, 5.41) is 0. The first-order valence-electron chi connectivity index (χ1n) is 9.39. The highest BCUT2D eigenvalue weighted by molar-refractivity contribution is 9.11. The third kappa shape index (κ3) is 3.27. The lowest BCUT2D eigenvalue weighted by Crippen LogP contribution is -2.52. The smallest absolute Gasteiger partial charge is 0.157 e. The Morgan fingerprint density at radius 1 is 1.17 bits per heavy atom. The van der Waals surface area contributed by atoms with E-state index in [1.54, 1.807) is 7.11 Å². The van der Waals surface area contributed by atoms with Gasteiger partial charge in [-0.15, -0.1) is 0 Å². The van der Waals surface area contributed by atoms with Gasteiger partial charge in [-0.2, -0.15) is 0 Å². The van der Waals surface area contributed by atoms with E-state index in [0.29, 0.717) is 11.3 Å². The van der Waals surface area contributed by atoms with Crippen LogP contribution in [0.4, 0.5) is 0 Å². The first-order valence-corrected chi connectivity index (χ1v) is 10.2. The topological polar surface area (TPSA) is 27.7 Å². The van der Waals surface area contributed by atoms with E-state index in [2.05, 4.69) is 34.2 Å². The minimum Gasteiger partial charge on any atom is -0.356 e. The van der Waals surface area contributed by atoms with Crippen molar-refractivity contribution in [1.82, 2.24) is 0 Å². The highest BCUT2D eigenvalue weighted by atomic mass is 79.9. The molecule has 3 atom stereocenters. The predicted molar refractivity (Wildman–Crippen MR) is 97.5 cm³/mol. The number of halogens is 1. The van der Waals surface area contributed by atoms with Crippen molar-refractivity contribution in [3.05, 3.63) is 22.7 Å². The normalized spacial score (nSPS) is 44.6. The second-order valence-electron chi connectivity index (χ2n) is 8.44. The Morgan fingerprint density at radius 3 is 2.38 bits per heavy atom. The van der Waals surface area contributed by atoms with Crippen molar-refractivity contribution in [3.8, 4) is 0 Å². The molecule has 5 aliphatic rings. The minimum absolute atomic E-state index is 0.102. The third-order valence-electron chi connectivity index (χ3n) is 6.83. The minimum atomic E-state index is -0.227. The molecular formula is C20H29BrO3. The van der Waals surface area contributed by atoms with Gasteiger partial charge in [-0.3, -0.25) is 0 Å². The molecule has 0 aromatic carbocycles. The van der Waals surface area contributed by atoms with Gasteiger partial charge in [-0.25, -0.2) is 0 Å². The number of methoxy groups -OCH3 is 1. The first-order chi connectivity index (χ1) is 11.6. The van der Waals surface area contributed by atoms with Crippen molar-refractivity contribution in [1.29, 1.82) is 0 Å². The summed E-state index contributed by atoms with van der Waals surface area (Å²) in [6.07, 6.45) is 15.4. The van der Waals surface area contributed by atoms with Crippen LogP contribution in [0, 0.1) is 29.1 Å². The molecule has 24 heavy (non-hydrogen) atoms. The molecule has 0 radical (unpaired) electrons. The molecule has 134 valence electrons. The lowest BCUT2D eigenvalue weighted by molar-refractivity contribution is -0.196. The van der Waals surface area contributed by atoms with E-state index in [0.717, 1.165) is 22.2 Å². The highest BCUT2D eigenvalue weighted by Crippen LogP contribution is 2.64. The summed E-state index contributed by atoms with van der Waals surface area (Å²) in [4.78, 5) is 0. The molecular weight excluding hydrogens is 368 g/mol. The van der Waals surface area contributed by atoms with Crippen molar-refractivity contribution in [2.45, 2.75) is 57.8 Å². The van der Waals surface area contributed by atoms with E-state index in [9.17, 15) is 0 Å². The van der Waals surface area contributed by atoms with Gasteiger partial charge >= 0.3 is 0 Å². The van der Waals surface area contributed by atoms with Crippen molar-refractivity contribution < 1.29 is 14.2 Å². The summed E-state index contributed by atoms with van der Waals surface area (Å²) in [6.45, 7) is 2.18. The Labute approximate surface area is 153 Å². The van der Waals surface area contributed by atoms with Gasteiger partial charge in [-0.1, -0.05) is 28.1 Å². The van der Waals surface area contributed by atoms with E-state index < -0.39 is 0 Å². The van der Waals surface area contributed by atoms with Crippen LogP contribution in [-0.2, 0) is 14.2 Å². The molecule has 0 spiro atoms. The van der Waals surface area contributed by atoms with Crippen molar-refractivity contribution >= 4 is 15.9 Å². The molecule has 5 aliphatic carbocycles. The van der Waals surface area contributed by atoms with E-state index in [1.807, 2.05) is 6.92 Å². The molecule has 5 rings (SSSR count). The summed E-state index contributed by atoms with van der Waals surface area (Å²) in [7, 11) is 1.66. The number of hydrogen-bond donors (Lipinski definition) is 0. The van der Waals surface area contributed by atoms with E-state index in [1.165, 1.54) is 38.5 Å². The Balaban J connectivity index is 1.49. The van der Waals surface area contributed by atoms with E-state index >= 15 is 0 Å².